The Morgan fingerprint density at radius 1 is 1.67 bits per heavy atom. The van der Waals surface area contributed by atoms with Crippen LogP contribution in [0, 0.1) is 0 Å². The quantitative estimate of drug-likeness (QED) is 0.479. The minimum atomic E-state index is 0.313. The van der Waals surface area contributed by atoms with Crippen LogP contribution in [-0.2, 0) is 4.74 Å². The minimum absolute atomic E-state index is 0.313. The highest BCUT2D eigenvalue weighted by atomic mass is 79.9. The molecule has 1 saturated heterocycles. The van der Waals surface area contributed by atoms with E-state index < -0.39 is 0 Å². The van der Waals surface area contributed by atoms with Gasteiger partial charge in [-0.3, -0.25) is 0 Å². The molecule has 2 heteroatoms. The molecule has 0 spiro atoms. The second kappa shape index (κ2) is 3.37. The molecule has 0 amide bonds. The summed E-state index contributed by atoms with van der Waals surface area (Å²) in [6.45, 7) is 3.67. The molecule has 1 aliphatic heterocycles. The predicted octanol–water partition coefficient (Wildman–Crippen LogP) is 2.11. The van der Waals surface area contributed by atoms with E-state index in [1.165, 1.54) is 6.42 Å². The van der Waals surface area contributed by atoms with E-state index in [4.69, 9.17) is 4.74 Å². The van der Waals surface area contributed by atoms with Crippen molar-refractivity contribution in [3.05, 3.63) is 12.7 Å². The molecule has 0 aromatic rings. The van der Waals surface area contributed by atoms with Crippen molar-refractivity contribution >= 4 is 15.9 Å². The van der Waals surface area contributed by atoms with Crippen LogP contribution in [0.15, 0.2) is 12.7 Å². The van der Waals surface area contributed by atoms with Crippen molar-refractivity contribution in [1.82, 2.24) is 0 Å². The molecule has 0 radical (unpaired) electrons. The largest absolute Gasteiger partial charge is 0.370 e. The lowest BCUT2D eigenvalue weighted by Crippen LogP contribution is -2.09. The van der Waals surface area contributed by atoms with Crippen LogP contribution >= 0.6 is 15.9 Å². The second-order valence-corrected chi connectivity index (χ2v) is 2.91. The molecule has 1 aliphatic rings. The van der Waals surface area contributed by atoms with Gasteiger partial charge in [0, 0.05) is 5.33 Å². The van der Waals surface area contributed by atoms with Gasteiger partial charge in [-0.1, -0.05) is 22.0 Å². The molecule has 1 fully saturated rings. The van der Waals surface area contributed by atoms with Gasteiger partial charge >= 0.3 is 0 Å². The summed E-state index contributed by atoms with van der Waals surface area (Å²) in [6.07, 6.45) is 4.92. The highest BCUT2D eigenvalue weighted by Gasteiger charge is 2.21. The fourth-order valence-corrected chi connectivity index (χ4v) is 1.50. The summed E-state index contributed by atoms with van der Waals surface area (Å²) in [4.78, 5) is 0. The van der Waals surface area contributed by atoms with Crippen LogP contribution in [-0.4, -0.2) is 17.5 Å². The Hall–Kier alpha value is 0.180. The number of ether oxygens (including phenoxy) is 1. The van der Waals surface area contributed by atoms with Crippen molar-refractivity contribution in [2.24, 2.45) is 0 Å². The van der Waals surface area contributed by atoms with E-state index in [0.717, 1.165) is 11.8 Å². The van der Waals surface area contributed by atoms with Crippen molar-refractivity contribution in [3.63, 3.8) is 0 Å². The van der Waals surface area contributed by atoms with Crippen LogP contribution in [0.5, 0.6) is 0 Å². The molecule has 0 aromatic carbocycles. The summed E-state index contributed by atoms with van der Waals surface area (Å²) >= 11 is 3.37. The normalized spacial score (nSPS) is 34.8. The highest BCUT2D eigenvalue weighted by Crippen LogP contribution is 2.21. The Morgan fingerprint density at radius 2 is 2.44 bits per heavy atom. The molecule has 2 atom stereocenters. The molecule has 1 rings (SSSR count). The van der Waals surface area contributed by atoms with Gasteiger partial charge < -0.3 is 4.74 Å². The van der Waals surface area contributed by atoms with Crippen LogP contribution in [0.1, 0.15) is 12.8 Å². The molecule has 0 saturated carbocycles. The lowest BCUT2D eigenvalue weighted by Gasteiger charge is -2.05. The SMILES string of the molecule is C=C[C@H]1CC[C@H](CBr)O1. The summed E-state index contributed by atoms with van der Waals surface area (Å²) < 4.78 is 5.49. The topological polar surface area (TPSA) is 9.23 Å². The zero-order valence-corrected chi connectivity index (χ0v) is 6.93. The molecule has 0 N–H and O–H groups in total. The zero-order valence-electron chi connectivity index (χ0n) is 5.35. The molecule has 0 unspecified atom stereocenters. The average molecular weight is 191 g/mol. The van der Waals surface area contributed by atoms with Crippen LogP contribution in [0.2, 0.25) is 0 Å². The number of hydrogen-bond donors (Lipinski definition) is 0. The molecule has 52 valence electrons. The lowest BCUT2D eigenvalue weighted by atomic mass is 10.2. The maximum atomic E-state index is 5.49. The van der Waals surface area contributed by atoms with Crippen LogP contribution < -0.4 is 0 Å². The molecule has 1 heterocycles. The fraction of sp³-hybridized carbons (Fsp3) is 0.714. The summed E-state index contributed by atoms with van der Waals surface area (Å²) in [5, 5.41) is 0.956. The Morgan fingerprint density at radius 3 is 2.78 bits per heavy atom. The van der Waals surface area contributed by atoms with Gasteiger partial charge in [-0.2, -0.15) is 0 Å². The number of alkyl halides is 1. The van der Waals surface area contributed by atoms with Gasteiger partial charge in [-0.05, 0) is 12.8 Å². The summed E-state index contributed by atoms with van der Waals surface area (Å²) in [6, 6.07) is 0. The molecule has 0 aliphatic carbocycles. The van der Waals surface area contributed by atoms with Gasteiger partial charge in [-0.15, -0.1) is 6.58 Å². The fourth-order valence-electron chi connectivity index (χ4n) is 1.02. The summed E-state index contributed by atoms with van der Waals surface area (Å²) in [5.41, 5.74) is 0. The van der Waals surface area contributed by atoms with E-state index in [1.54, 1.807) is 0 Å². The van der Waals surface area contributed by atoms with Gasteiger partial charge in [-0.25, -0.2) is 0 Å². The maximum Gasteiger partial charge on any atom is 0.0758 e. The Labute approximate surface area is 64.2 Å². The van der Waals surface area contributed by atoms with Crippen molar-refractivity contribution in [2.45, 2.75) is 25.0 Å². The van der Waals surface area contributed by atoms with Crippen molar-refractivity contribution < 1.29 is 4.74 Å². The van der Waals surface area contributed by atoms with E-state index >= 15 is 0 Å². The van der Waals surface area contributed by atoms with Gasteiger partial charge in [0.05, 0.1) is 12.2 Å². The molecule has 1 nitrogen and oxygen atoms in total. The minimum Gasteiger partial charge on any atom is -0.370 e. The monoisotopic (exact) mass is 190 g/mol. The van der Waals surface area contributed by atoms with Gasteiger partial charge in [0.15, 0.2) is 0 Å². The second-order valence-electron chi connectivity index (χ2n) is 2.26. The molecule has 9 heavy (non-hydrogen) atoms. The van der Waals surface area contributed by atoms with Crippen molar-refractivity contribution in [1.29, 1.82) is 0 Å². The molecule has 0 aromatic heterocycles. The molecule has 0 bridgehead atoms. The van der Waals surface area contributed by atoms with Crippen molar-refractivity contribution in [2.75, 3.05) is 5.33 Å². The Balaban J connectivity index is 2.28. The lowest BCUT2D eigenvalue weighted by molar-refractivity contribution is 0.0872. The zero-order chi connectivity index (χ0) is 6.69. The third-order valence-corrected chi connectivity index (χ3v) is 2.30. The number of rotatable bonds is 2. The van der Waals surface area contributed by atoms with E-state index in [1.807, 2.05) is 6.08 Å². The third-order valence-electron chi connectivity index (χ3n) is 1.58. The highest BCUT2D eigenvalue weighted by molar-refractivity contribution is 9.09. The molecular weight excluding hydrogens is 180 g/mol. The summed E-state index contributed by atoms with van der Waals surface area (Å²) in [5.74, 6) is 0. The summed E-state index contributed by atoms with van der Waals surface area (Å²) in [7, 11) is 0. The van der Waals surface area contributed by atoms with E-state index in [9.17, 15) is 0 Å². The smallest absolute Gasteiger partial charge is 0.0758 e. The maximum absolute atomic E-state index is 5.49. The first kappa shape index (κ1) is 7.29. The van der Waals surface area contributed by atoms with Crippen LogP contribution in [0.4, 0.5) is 0 Å². The van der Waals surface area contributed by atoms with Gasteiger partial charge in [0.1, 0.15) is 0 Å². The van der Waals surface area contributed by atoms with E-state index in [2.05, 4.69) is 22.5 Å². The molecular formula is C7H11BrO. The predicted molar refractivity (Wildman–Crippen MR) is 41.9 cm³/mol. The number of halogens is 1. The van der Waals surface area contributed by atoms with Gasteiger partial charge in [0.25, 0.3) is 0 Å². The Bertz CT molecular complexity index is 103. The van der Waals surface area contributed by atoms with Crippen LogP contribution in [0.3, 0.4) is 0 Å². The van der Waals surface area contributed by atoms with E-state index in [0.29, 0.717) is 12.2 Å². The standard InChI is InChI=1S/C7H11BrO/c1-2-6-3-4-7(5-8)9-6/h2,6-7H,1,3-5H2/t6-,7+/m0/s1. The first-order valence-corrected chi connectivity index (χ1v) is 4.33. The number of hydrogen-bond acceptors (Lipinski definition) is 1. The van der Waals surface area contributed by atoms with Crippen LogP contribution in [0.25, 0.3) is 0 Å². The van der Waals surface area contributed by atoms with Crippen molar-refractivity contribution in [3.8, 4) is 0 Å². The third kappa shape index (κ3) is 1.80. The van der Waals surface area contributed by atoms with E-state index in [-0.39, 0.29) is 0 Å². The Kier molecular flexibility index (Phi) is 2.73. The first-order chi connectivity index (χ1) is 4.36. The average Bonchev–Trinajstić information content (AvgIpc) is 2.34. The van der Waals surface area contributed by atoms with Gasteiger partial charge in [0.2, 0.25) is 0 Å². The first-order valence-electron chi connectivity index (χ1n) is 3.20.